The Bertz CT molecular complexity index is 864. The summed E-state index contributed by atoms with van der Waals surface area (Å²) in [6.45, 7) is 4.02. The second-order valence-electron chi connectivity index (χ2n) is 5.28. The number of anilines is 1. The van der Waals surface area contributed by atoms with Gasteiger partial charge in [-0.25, -0.2) is 4.98 Å². The minimum Gasteiger partial charge on any atom is -0.339 e. The van der Waals surface area contributed by atoms with Gasteiger partial charge in [-0.3, -0.25) is 0 Å². The SMILES string of the molecule is C/C=C(\C=C/CCl)S/C(C)=C(/Nc1ccccn1)c1ccccc1C#N. The van der Waals surface area contributed by atoms with Gasteiger partial charge in [0.2, 0.25) is 0 Å². The van der Waals surface area contributed by atoms with E-state index >= 15 is 0 Å². The zero-order chi connectivity index (χ0) is 18.8. The number of nitrogens with one attached hydrogen (secondary N) is 1. The van der Waals surface area contributed by atoms with Crippen LogP contribution in [0, 0.1) is 11.3 Å². The molecule has 0 bridgehead atoms. The first kappa shape index (κ1) is 19.8. The van der Waals surface area contributed by atoms with E-state index in [4.69, 9.17) is 11.6 Å². The van der Waals surface area contributed by atoms with Gasteiger partial charge in [-0.15, -0.1) is 11.6 Å². The zero-order valence-corrected chi connectivity index (χ0v) is 16.3. The minimum absolute atomic E-state index is 0.469. The number of rotatable bonds is 7. The summed E-state index contributed by atoms with van der Waals surface area (Å²) in [6, 6.07) is 15.5. The van der Waals surface area contributed by atoms with Crippen molar-refractivity contribution in [2.45, 2.75) is 13.8 Å². The number of halogens is 1. The van der Waals surface area contributed by atoms with E-state index in [2.05, 4.69) is 16.4 Å². The molecule has 26 heavy (non-hydrogen) atoms. The molecule has 0 aliphatic heterocycles. The maximum atomic E-state index is 9.50. The van der Waals surface area contributed by atoms with Crippen molar-refractivity contribution in [3.8, 4) is 6.07 Å². The Morgan fingerprint density at radius 2 is 2.04 bits per heavy atom. The smallest absolute Gasteiger partial charge is 0.130 e. The molecule has 0 amide bonds. The summed E-state index contributed by atoms with van der Waals surface area (Å²) < 4.78 is 0. The molecule has 1 N–H and O–H groups in total. The molecule has 5 heteroatoms. The topological polar surface area (TPSA) is 48.7 Å². The summed E-state index contributed by atoms with van der Waals surface area (Å²) in [7, 11) is 0. The predicted molar refractivity (Wildman–Crippen MR) is 113 cm³/mol. The van der Waals surface area contributed by atoms with Crippen LogP contribution in [0.1, 0.15) is 25.0 Å². The molecule has 0 aliphatic rings. The molecule has 0 saturated carbocycles. The highest BCUT2D eigenvalue weighted by Gasteiger charge is 2.13. The third kappa shape index (κ3) is 5.52. The molecule has 1 heterocycles. The Hall–Kier alpha value is -2.48. The summed E-state index contributed by atoms with van der Waals surface area (Å²) in [5.41, 5.74) is 2.33. The van der Waals surface area contributed by atoms with E-state index < -0.39 is 0 Å². The van der Waals surface area contributed by atoms with Gasteiger partial charge in [-0.05, 0) is 32.0 Å². The van der Waals surface area contributed by atoms with Crippen molar-refractivity contribution in [3.05, 3.63) is 87.8 Å². The Balaban J connectivity index is 2.48. The lowest BCUT2D eigenvalue weighted by Crippen LogP contribution is -2.04. The highest BCUT2D eigenvalue weighted by atomic mass is 35.5. The van der Waals surface area contributed by atoms with Crippen LogP contribution in [-0.2, 0) is 0 Å². The van der Waals surface area contributed by atoms with Crippen LogP contribution in [0.3, 0.4) is 0 Å². The molecule has 3 nitrogen and oxygen atoms in total. The number of nitrogens with zero attached hydrogens (tertiary/aromatic N) is 2. The monoisotopic (exact) mass is 381 g/mol. The van der Waals surface area contributed by atoms with Gasteiger partial charge in [-0.1, -0.05) is 54.3 Å². The molecule has 0 saturated heterocycles. The van der Waals surface area contributed by atoms with Crippen molar-refractivity contribution in [2.75, 3.05) is 11.2 Å². The van der Waals surface area contributed by atoms with E-state index in [0.717, 1.165) is 26.9 Å². The van der Waals surface area contributed by atoms with Gasteiger partial charge in [0.15, 0.2) is 0 Å². The van der Waals surface area contributed by atoms with Crippen LogP contribution in [0.2, 0.25) is 0 Å². The number of hydrogen-bond acceptors (Lipinski definition) is 4. The molecule has 132 valence electrons. The molecule has 2 aromatic rings. The zero-order valence-electron chi connectivity index (χ0n) is 14.7. The lowest BCUT2D eigenvalue weighted by Gasteiger charge is -2.16. The van der Waals surface area contributed by atoms with Crippen molar-refractivity contribution in [2.24, 2.45) is 0 Å². The first-order valence-corrected chi connectivity index (χ1v) is 9.49. The Kier molecular flexibility index (Phi) is 8.01. The summed E-state index contributed by atoms with van der Waals surface area (Å²) in [6.07, 6.45) is 7.67. The fourth-order valence-electron chi connectivity index (χ4n) is 2.29. The quantitative estimate of drug-likeness (QED) is 0.459. The van der Waals surface area contributed by atoms with Crippen LogP contribution in [-0.4, -0.2) is 10.9 Å². The summed E-state index contributed by atoms with van der Waals surface area (Å²) >= 11 is 7.37. The van der Waals surface area contributed by atoms with Crippen LogP contribution in [0.4, 0.5) is 5.82 Å². The van der Waals surface area contributed by atoms with Gasteiger partial charge in [0.1, 0.15) is 5.82 Å². The van der Waals surface area contributed by atoms with Crippen molar-refractivity contribution < 1.29 is 0 Å². The minimum atomic E-state index is 0.469. The van der Waals surface area contributed by atoms with Crippen LogP contribution in [0.5, 0.6) is 0 Å². The molecule has 0 aliphatic carbocycles. The molecule has 0 unspecified atom stereocenters. The molecule has 1 aromatic carbocycles. The van der Waals surface area contributed by atoms with Gasteiger partial charge in [0.25, 0.3) is 0 Å². The lowest BCUT2D eigenvalue weighted by molar-refractivity contribution is 1.30. The number of aromatic nitrogens is 1. The fourth-order valence-corrected chi connectivity index (χ4v) is 3.27. The Labute approximate surface area is 164 Å². The molecule has 0 spiro atoms. The molecule has 2 rings (SSSR count). The van der Waals surface area contributed by atoms with Gasteiger partial charge >= 0.3 is 0 Å². The van der Waals surface area contributed by atoms with Crippen LogP contribution in [0.25, 0.3) is 5.70 Å². The van der Waals surface area contributed by atoms with Gasteiger partial charge in [-0.2, -0.15) is 5.26 Å². The second-order valence-corrected chi connectivity index (χ2v) is 6.87. The average Bonchev–Trinajstić information content (AvgIpc) is 2.69. The van der Waals surface area contributed by atoms with Crippen molar-refractivity contribution in [1.82, 2.24) is 4.98 Å². The predicted octanol–water partition coefficient (Wildman–Crippen LogP) is 6.19. The van der Waals surface area contributed by atoms with Crippen molar-refractivity contribution in [1.29, 1.82) is 5.26 Å². The first-order valence-electron chi connectivity index (χ1n) is 8.14. The Morgan fingerprint density at radius 1 is 1.27 bits per heavy atom. The van der Waals surface area contributed by atoms with Gasteiger partial charge in [0, 0.05) is 27.5 Å². The number of nitriles is 1. The fraction of sp³-hybridized carbons (Fsp3) is 0.143. The number of allylic oxidation sites excluding steroid dienone is 4. The lowest BCUT2D eigenvalue weighted by atomic mass is 10.1. The first-order chi connectivity index (χ1) is 12.7. The summed E-state index contributed by atoms with van der Waals surface area (Å²) in [4.78, 5) is 6.46. The van der Waals surface area contributed by atoms with E-state index in [1.807, 2.05) is 74.5 Å². The molecule has 0 atom stereocenters. The van der Waals surface area contributed by atoms with Gasteiger partial charge in [0.05, 0.1) is 17.3 Å². The standard InChI is InChI=1S/C21H20ClN3S/c1-3-18(10-8-13-22)26-16(2)21(25-20-12-6-7-14-24-20)19-11-5-4-9-17(19)15-23/h3-12,14H,13H2,1-2H3,(H,24,25)/b10-8-,18-3+,21-16+. The average molecular weight is 382 g/mol. The van der Waals surface area contributed by atoms with E-state index in [1.54, 1.807) is 18.0 Å². The van der Waals surface area contributed by atoms with E-state index in [0.29, 0.717) is 11.4 Å². The number of hydrogen-bond donors (Lipinski definition) is 1. The number of alkyl halides is 1. The van der Waals surface area contributed by atoms with E-state index in [1.165, 1.54) is 0 Å². The molecule has 0 fully saturated rings. The van der Waals surface area contributed by atoms with Crippen LogP contribution in [0.15, 0.2) is 76.7 Å². The summed E-state index contributed by atoms with van der Waals surface area (Å²) in [5, 5.41) is 12.9. The number of thioether (sulfide) groups is 1. The largest absolute Gasteiger partial charge is 0.339 e. The third-order valence-corrected chi connectivity index (χ3v) is 4.81. The summed E-state index contributed by atoms with van der Waals surface area (Å²) in [5.74, 6) is 1.20. The van der Waals surface area contributed by atoms with Crippen molar-refractivity contribution >= 4 is 34.9 Å². The number of pyridine rings is 1. The van der Waals surface area contributed by atoms with Crippen LogP contribution >= 0.6 is 23.4 Å². The van der Waals surface area contributed by atoms with Crippen LogP contribution < -0.4 is 5.32 Å². The van der Waals surface area contributed by atoms with Crippen molar-refractivity contribution in [3.63, 3.8) is 0 Å². The maximum Gasteiger partial charge on any atom is 0.130 e. The second kappa shape index (κ2) is 10.5. The molecular formula is C21H20ClN3S. The highest BCUT2D eigenvalue weighted by Crippen LogP contribution is 2.34. The van der Waals surface area contributed by atoms with E-state index in [9.17, 15) is 5.26 Å². The third-order valence-electron chi connectivity index (χ3n) is 3.51. The molecular weight excluding hydrogens is 362 g/mol. The number of benzene rings is 1. The van der Waals surface area contributed by atoms with E-state index in [-0.39, 0.29) is 0 Å². The maximum absolute atomic E-state index is 9.50. The normalized spacial score (nSPS) is 12.6. The van der Waals surface area contributed by atoms with Gasteiger partial charge < -0.3 is 5.32 Å². The Morgan fingerprint density at radius 3 is 2.69 bits per heavy atom. The molecule has 1 aromatic heterocycles. The highest BCUT2D eigenvalue weighted by molar-refractivity contribution is 8.07. The molecule has 0 radical (unpaired) electrons.